The number of pyridine rings is 1. The van der Waals surface area contributed by atoms with Crippen molar-refractivity contribution in [1.29, 1.82) is 10.5 Å². The van der Waals surface area contributed by atoms with Crippen LogP contribution in [0.3, 0.4) is 0 Å². The lowest BCUT2D eigenvalue weighted by Gasteiger charge is -2.42. The lowest BCUT2D eigenvalue weighted by molar-refractivity contribution is 0.0713. The largest absolute Gasteiger partial charge is 0.390 e. The molecule has 0 radical (unpaired) electrons. The van der Waals surface area contributed by atoms with Gasteiger partial charge in [-0.25, -0.2) is 0 Å². The van der Waals surface area contributed by atoms with Gasteiger partial charge in [0.05, 0.1) is 60.2 Å². The Kier molecular flexibility index (Phi) is 4.69. The van der Waals surface area contributed by atoms with Crippen LogP contribution in [-0.4, -0.2) is 34.9 Å². The Morgan fingerprint density at radius 2 is 2.03 bits per heavy atom. The molecule has 0 amide bonds. The second-order valence-electron chi connectivity index (χ2n) is 8.19. The van der Waals surface area contributed by atoms with Gasteiger partial charge in [0.1, 0.15) is 5.69 Å². The fraction of sp³-hybridized carbons (Fsp3) is 0.304. The van der Waals surface area contributed by atoms with Crippen LogP contribution in [0.15, 0.2) is 42.9 Å². The molecule has 4 aromatic rings. The Balaban J connectivity index is 1.64. The summed E-state index contributed by atoms with van der Waals surface area (Å²) in [5, 5.41) is 42.8. The van der Waals surface area contributed by atoms with Gasteiger partial charge in [-0.05, 0) is 36.6 Å². The number of hydrogen-bond acceptors (Lipinski definition) is 7. The predicted octanol–water partition coefficient (Wildman–Crippen LogP) is 2.93. The molecule has 1 aliphatic carbocycles. The quantitative estimate of drug-likeness (QED) is 0.521. The van der Waals surface area contributed by atoms with Crippen LogP contribution in [0.5, 0.6) is 0 Å². The highest BCUT2D eigenvalue weighted by atomic mass is 16.3. The second kappa shape index (κ2) is 7.56. The Bertz CT molecular complexity index is 1400. The van der Waals surface area contributed by atoms with Crippen molar-refractivity contribution in [2.45, 2.75) is 31.4 Å². The number of aromatic nitrogens is 6. The Labute approximate surface area is 184 Å². The monoisotopic (exact) mass is 424 g/mol. The molecule has 1 saturated carbocycles. The standard InChI is InChI=1S/C23H20N8O/c1-30-22(14-32)19(12-27-30)16-7-18(17-3-2-6-26-20(17)8-16)21-13-28-31(29-21)23(4-5-24)9-15(10-23)11-25/h2-3,6-8,12-13,15,32H,4,9-10,14H2,1H3/t15-,23-. The molecule has 32 heavy (non-hydrogen) atoms. The zero-order valence-corrected chi connectivity index (χ0v) is 17.5. The number of aliphatic hydroxyl groups excluding tert-OH is 1. The van der Waals surface area contributed by atoms with Gasteiger partial charge in [-0.3, -0.25) is 9.67 Å². The number of rotatable bonds is 5. The smallest absolute Gasteiger partial charge is 0.113 e. The van der Waals surface area contributed by atoms with Crippen LogP contribution in [0.1, 0.15) is 25.0 Å². The maximum atomic E-state index is 9.82. The molecular weight excluding hydrogens is 404 g/mol. The summed E-state index contributed by atoms with van der Waals surface area (Å²) in [7, 11) is 1.79. The minimum Gasteiger partial charge on any atom is -0.390 e. The number of nitriles is 2. The third-order valence-electron chi connectivity index (χ3n) is 6.28. The summed E-state index contributed by atoms with van der Waals surface area (Å²) in [6.07, 6.45) is 6.57. The Morgan fingerprint density at radius 3 is 2.78 bits per heavy atom. The fourth-order valence-electron chi connectivity index (χ4n) is 4.53. The van der Waals surface area contributed by atoms with Gasteiger partial charge in [-0.2, -0.15) is 30.6 Å². The first kappa shape index (κ1) is 19.9. The lowest BCUT2D eigenvalue weighted by atomic mass is 9.68. The minimum absolute atomic E-state index is 0.0753. The molecule has 1 N–H and O–H groups in total. The van der Waals surface area contributed by atoms with Crippen molar-refractivity contribution < 1.29 is 5.11 Å². The average molecular weight is 424 g/mol. The summed E-state index contributed by atoms with van der Waals surface area (Å²) in [5.41, 5.74) is 4.18. The van der Waals surface area contributed by atoms with Gasteiger partial charge < -0.3 is 5.11 Å². The van der Waals surface area contributed by atoms with Crippen LogP contribution in [-0.2, 0) is 19.2 Å². The highest BCUT2D eigenvalue weighted by molar-refractivity contribution is 5.97. The average Bonchev–Trinajstić information content (AvgIpc) is 3.42. The number of benzene rings is 1. The van der Waals surface area contributed by atoms with Crippen LogP contribution in [0, 0.1) is 28.6 Å². The van der Waals surface area contributed by atoms with Gasteiger partial charge in [0, 0.05) is 29.8 Å². The molecule has 0 aliphatic heterocycles. The summed E-state index contributed by atoms with van der Waals surface area (Å²) in [4.78, 5) is 6.13. The Hall–Kier alpha value is -4.08. The van der Waals surface area contributed by atoms with E-state index in [0.29, 0.717) is 24.2 Å². The highest BCUT2D eigenvalue weighted by Gasteiger charge is 2.48. The topological polar surface area (TPSA) is 129 Å². The summed E-state index contributed by atoms with van der Waals surface area (Å²) in [6.45, 7) is -0.131. The van der Waals surface area contributed by atoms with E-state index in [2.05, 4.69) is 27.3 Å². The van der Waals surface area contributed by atoms with Gasteiger partial charge >= 0.3 is 0 Å². The van der Waals surface area contributed by atoms with Crippen LogP contribution in [0.25, 0.3) is 33.3 Å². The fourth-order valence-corrected chi connectivity index (χ4v) is 4.53. The van der Waals surface area contributed by atoms with E-state index in [1.54, 1.807) is 35.1 Å². The van der Waals surface area contributed by atoms with Crippen LogP contribution >= 0.6 is 0 Å². The second-order valence-corrected chi connectivity index (χ2v) is 8.19. The molecular formula is C23H20N8O. The maximum absolute atomic E-state index is 9.82. The van der Waals surface area contributed by atoms with Gasteiger partial charge in [0.25, 0.3) is 0 Å². The zero-order chi connectivity index (χ0) is 22.3. The summed E-state index contributed by atoms with van der Waals surface area (Å²) >= 11 is 0. The zero-order valence-electron chi connectivity index (χ0n) is 17.5. The normalized spacial score (nSPS) is 19.9. The third kappa shape index (κ3) is 3.03. The first-order chi connectivity index (χ1) is 15.6. The number of hydrogen-bond donors (Lipinski definition) is 1. The first-order valence-corrected chi connectivity index (χ1v) is 10.3. The van der Waals surface area contributed by atoms with E-state index < -0.39 is 5.54 Å². The molecule has 1 aromatic carbocycles. The van der Waals surface area contributed by atoms with Crippen molar-refractivity contribution in [3.63, 3.8) is 0 Å². The van der Waals surface area contributed by atoms with Crippen LogP contribution in [0.4, 0.5) is 0 Å². The van der Waals surface area contributed by atoms with Gasteiger partial charge in [-0.15, -0.1) is 0 Å². The molecule has 3 heterocycles. The SMILES string of the molecule is Cn1ncc(-c2cc(-c3cnn([C@]4(CC#N)C[C@@H](C#N)C4)n3)c3cccnc3c2)c1CO. The summed E-state index contributed by atoms with van der Waals surface area (Å²) < 4.78 is 1.65. The van der Waals surface area contributed by atoms with Gasteiger partial charge in [-0.1, -0.05) is 6.07 Å². The number of fused-ring (bicyclic) bond motifs is 1. The van der Waals surface area contributed by atoms with E-state index in [9.17, 15) is 15.6 Å². The molecule has 0 saturated heterocycles. The van der Waals surface area contributed by atoms with Gasteiger partial charge in [0.2, 0.25) is 0 Å². The van der Waals surface area contributed by atoms with Crippen LogP contribution < -0.4 is 0 Å². The molecule has 158 valence electrons. The van der Waals surface area contributed by atoms with E-state index in [0.717, 1.165) is 27.6 Å². The maximum Gasteiger partial charge on any atom is 0.113 e. The number of aryl methyl sites for hydroxylation is 1. The van der Waals surface area contributed by atoms with Crippen molar-refractivity contribution in [2.75, 3.05) is 0 Å². The van der Waals surface area contributed by atoms with E-state index >= 15 is 0 Å². The molecule has 9 heteroatoms. The predicted molar refractivity (Wildman–Crippen MR) is 115 cm³/mol. The van der Waals surface area contributed by atoms with E-state index in [-0.39, 0.29) is 18.9 Å². The molecule has 9 nitrogen and oxygen atoms in total. The molecule has 1 aliphatic rings. The molecule has 5 rings (SSSR count). The molecule has 0 spiro atoms. The summed E-state index contributed by atoms with van der Waals surface area (Å²) in [6, 6.07) is 12.3. The summed E-state index contributed by atoms with van der Waals surface area (Å²) in [5.74, 6) is -0.0753. The molecule has 1 fully saturated rings. The first-order valence-electron chi connectivity index (χ1n) is 10.3. The van der Waals surface area contributed by atoms with Crippen molar-refractivity contribution in [3.05, 3.63) is 48.5 Å². The minimum atomic E-state index is -0.535. The van der Waals surface area contributed by atoms with E-state index in [4.69, 9.17) is 5.10 Å². The number of nitrogens with zero attached hydrogens (tertiary/aromatic N) is 8. The lowest BCUT2D eigenvalue weighted by Crippen LogP contribution is -2.47. The highest BCUT2D eigenvalue weighted by Crippen LogP contribution is 2.45. The molecule has 3 aromatic heterocycles. The van der Waals surface area contributed by atoms with Crippen molar-refractivity contribution in [2.24, 2.45) is 13.0 Å². The molecule has 0 bridgehead atoms. The van der Waals surface area contributed by atoms with Crippen molar-refractivity contribution >= 4 is 10.9 Å². The van der Waals surface area contributed by atoms with Crippen LogP contribution in [0.2, 0.25) is 0 Å². The third-order valence-corrected chi connectivity index (χ3v) is 6.28. The number of aliphatic hydroxyl groups is 1. The van der Waals surface area contributed by atoms with Crippen molar-refractivity contribution in [3.8, 4) is 34.5 Å². The van der Waals surface area contributed by atoms with E-state index in [1.165, 1.54) is 0 Å². The van der Waals surface area contributed by atoms with Crippen molar-refractivity contribution in [1.82, 2.24) is 29.8 Å². The molecule has 0 unspecified atom stereocenters. The van der Waals surface area contributed by atoms with E-state index in [1.807, 2.05) is 24.3 Å². The Morgan fingerprint density at radius 1 is 1.19 bits per heavy atom. The molecule has 0 atom stereocenters. The van der Waals surface area contributed by atoms with Gasteiger partial charge in [0.15, 0.2) is 0 Å².